The zero-order valence-corrected chi connectivity index (χ0v) is 25.3. The van der Waals surface area contributed by atoms with Crippen molar-refractivity contribution in [2.24, 2.45) is 0 Å². The molecule has 1 atom stereocenters. The second-order valence-corrected chi connectivity index (χ2v) is 10.4. The normalized spacial score (nSPS) is 14.1. The van der Waals surface area contributed by atoms with Gasteiger partial charge in [-0.2, -0.15) is 23.5 Å². The fourth-order valence-electron chi connectivity index (χ4n) is 4.71. The summed E-state index contributed by atoms with van der Waals surface area (Å²) in [5.74, 6) is -0.282. The second kappa shape index (κ2) is 15.8. The lowest BCUT2D eigenvalue weighted by Crippen LogP contribution is -2.42. The third-order valence-electron chi connectivity index (χ3n) is 6.74. The third-order valence-corrected chi connectivity index (χ3v) is 7.05. The van der Waals surface area contributed by atoms with E-state index in [0.717, 1.165) is 30.4 Å². The van der Waals surface area contributed by atoms with Gasteiger partial charge in [0.2, 0.25) is 5.91 Å². The van der Waals surface area contributed by atoms with Crippen LogP contribution in [0, 0.1) is 11.3 Å². The molecule has 0 aliphatic carbocycles. The summed E-state index contributed by atoms with van der Waals surface area (Å²) in [4.78, 5) is 41.5. The molecule has 47 heavy (non-hydrogen) atoms. The maximum Gasteiger partial charge on any atom is 0.435 e. The zero-order valence-electron chi connectivity index (χ0n) is 24.5. The smallest absolute Gasteiger partial charge is 0.435 e. The predicted octanol–water partition coefficient (Wildman–Crippen LogP) is 2.03. The SMILES string of the molecule is N#CCn1cc(-c2cnc3c(Nc4ccc(C(=O)NCCNCC(=O)N[C@H]5CCNC5)c(Cl)c4)nccn23)c(C(F)(F)F)n1.O=CO. The van der Waals surface area contributed by atoms with Gasteiger partial charge in [0, 0.05) is 50.0 Å². The molecule has 4 heterocycles. The summed E-state index contributed by atoms with van der Waals surface area (Å²) >= 11 is 6.39. The number of aromatic nitrogens is 5. The lowest BCUT2D eigenvalue weighted by Gasteiger charge is -2.12. The number of benzene rings is 1. The van der Waals surface area contributed by atoms with Crippen LogP contribution in [-0.4, -0.2) is 86.3 Å². The molecule has 0 spiro atoms. The topological polar surface area (TPSA) is 203 Å². The minimum Gasteiger partial charge on any atom is -0.483 e. The van der Waals surface area contributed by atoms with Crippen LogP contribution in [0.15, 0.2) is 43.0 Å². The Kier molecular flexibility index (Phi) is 11.7. The van der Waals surface area contributed by atoms with Crippen molar-refractivity contribution in [3.8, 4) is 17.3 Å². The average molecular weight is 676 g/mol. The Balaban J connectivity index is 0.00000160. The van der Waals surface area contributed by atoms with Gasteiger partial charge in [-0.3, -0.25) is 23.5 Å². The van der Waals surface area contributed by atoms with Crippen molar-refractivity contribution in [3.05, 3.63) is 59.3 Å². The van der Waals surface area contributed by atoms with Gasteiger partial charge in [0.05, 0.1) is 40.7 Å². The van der Waals surface area contributed by atoms with Crippen LogP contribution in [0.3, 0.4) is 0 Å². The number of imidazole rings is 1. The molecule has 5 rings (SSSR count). The first-order valence-corrected chi connectivity index (χ1v) is 14.4. The number of carbonyl (C=O) groups is 3. The number of halogens is 4. The Labute approximate surface area is 270 Å². The highest BCUT2D eigenvalue weighted by Gasteiger charge is 2.38. The first-order chi connectivity index (χ1) is 22.5. The minimum atomic E-state index is -4.75. The van der Waals surface area contributed by atoms with Gasteiger partial charge in [-0.15, -0.1) is 0 Å². The van der Waals surface area contributed by atoms with Crippen molar-refractivity contribution in [3.63, 3.8) is 0 Å². The first kappa shape index (κ1) is 34.6. The van der Waals surface area contributed by atoms with Crippen LogP contribution in [0.25, 0.3) is 16.9 Å². The third kappa shape index (κ3) is 8.94. The van der Waals surface area contributed by atoms with Crippen LogP contribution in [0.1, 0.15) is 22.5 Å². The molecular formula is C28H29ClF3N11O4. The van der Waals surface area contributed by atoms with Gasteiger partial charge in [0.15, 0.2) is 17.2 Å². The lowest BCUT2D eigenvalue weighted by molar-refractivity contribution is -0.141. The fraction of sp³-hybridized carbons (Fsp3) is 0.321. The molecule has 0 unspecified atom stereocenters. The van der Waals surface area contributed by atoms with E-state index in [1.807, 2.05) is 0 Å². The molecule has 0 bridgehead atoms. The molecule has 1 aliphatic rings. The van der Waals surface area contributed by atoms with E-state index in [4.69, 9.17) is 26.8 Å². The van der Waals surface area contributed by atoms with Crippen molar-refractivity contribution in [1.29, 1.82) is 5.26 Å². The molecule has 1 aliphatic heterocycles. The molecule has 4 aromatic rings. The Morgan fingerprint density at radius 3 is 2.72 bits per heavy atom. The highest BCUT2D eigenvalue weighted by Crippen LogP contribution is 2.37. The maximum absolute atomic E-state index is 13.7. The van der Waals surface area contributed by atoms with Crippen molar-refractivity contribution < 1.29 is 32.7 Å². The van der Waals surface area contributed by atoms with E-state index >= 15 is 0 Å². The van der Waals surface area contributed by atoms with Crippen LogP contribution < -0.4 is 26.6 Å². The summed E-state index contributed by atoms with van der Waals surface area (Å²) in [6.07, 6.45) is 1.41. The predicted molar refractivity (Wildman–Crippen MR) is 163 cm³/mol. The standard InChI is InChI=1S/C27H27ClF3N11O2.CH2O2/c28-20-11-16(1-2-18(20)26(44)36-7-6-34-14-22(43)38-17-3-5-33-12-17)39-24-25-37-13-21(42(25)10-8-35-24)19-15-41(9-4-32)40-23(19)27(29,30)31;2-1-3/h1-2,8,10-11,13,15,17,33-34H,3,5-7,9,12,14H2,(H,35,39)(H,36,44)(H,38,43);1H,(H,2,3)/t17-;/m0./s1. The number of hydrogen-bond acceptors (Lipinski definition) is 10. The van der Waals surface area contributed by atoms with Crippen LogP contribution >= 0.6 is 11.6 Å². The van der Waals surface area contributed by atoms with Gasteiger partial charge in [0.25, 0.3) is 12.4 Å². The minimum absolute atomic E-state index is 0.105. The van der Waals surface area contributed by atoms with Gasteiger partial charge < -0.3 is 31.7 Å². The van der Waals surface area contributed by atoms with Gasteiger partial charge >= 0.3 is 6.18 Å². The van der Waals surface area contributed by atoms with Gasteiger partial charge in [-0.1, -0.05) is 11.6 Å². The van der Waals surface area contributed by atoms with Crippen molar-refractivity contribution >= 4 is 47.0 Å². The quantitative estimate of drug-likeness (QED) is 0.100. The molecule has 1 aromatic carbocycles. The Morgan fingerprint density at radius 2 is 2.04 bits per heavy atom. The molecule has 15 nitrogen and oxygen atoms in total. The largest absolute Gasteiger partial charge is 0.483 e. The number of carbonyl (C=O) groups excluding carboxylic acids is 2. The van der Waals surface area contributed by atoms with E-state index in [1.54, 1.807) is 12.1 Å². The highest BCUT2D eigenvalue weighted by atomic mass is 35.5. The number of hydrogen-bond donors (Lipinski definition) is 6. The van der Waals surface area contributed by atoms with Crippen molar-refractivity contribution in [2.75, 3.05) is 38.0 Å². The summed E-state index contributed by atoms with van der Waals surface area (Å²) in [6.45, 7) is 1.84. The number of alkyl halides is 3. The number of carboxylic acid groups (broad SMARTS) is 1. The summed E-state index contributed by atoms with van der Waals surface area (Å²) < 4.78 is 43.5. The number of rotatable bonds is 11. The monoisotopic (exact) mass is 675 g/mol. The molecule has 248 valence electrons. The Bertz CT molecular complexity index is 1760. The van der Waals surface area contributed by atoms with E-state index in [-0.39, 0.29) is 71.4 Å². The first-order valence-electron chi connectivity index (χ1n) is 14.0. The van der Waals surface area contributed by atoms with E-state index in [0.29, 0.717) is 12.2 Å². The molecule has 0 radical (unpaired) electrons. The van der Waals surface area contributed by atoms with E-state index < -0.39 is 17.8 Å². The van der Waals surface area contributed by atoms with E-state index in [1.165, 1.54) is 35.1 Å². The summed E-state index contributed by atoms with van der Waals surface area (Å²) in [6, 6.07) is 6.55. The van der Waals surface area contributed by atoms with E-state index in [2.05, 4.69) is 41.7 Å². The fourth-order valence-corrected chi connectivity index (χ4v) is 4.98. The van der Waals surface area contributed by atoms with Gasteiger partial charge in [-0.05, 0) is 31.2 Å². The molecule has 0 saturated carbocycles. The lowest BCUT2D eigenvalue weighted by atomic mass is 10.2. The number of fused-ring (bicyclic) bond motifs is 1. The molecular weight excluding hydrogens is 647 g/mol. The average Bonchev–Trinajstić information content (AvgIpc) is 3.78. The van der Waals surface area contributed by atoms with Crippen LogP contribution in [-0.2, 0) is 22.3 Å². The Hall–Kier alpha value is -5.25. The Morgan fingerprint density at radius 1 is 1.26 bits per heavy atom. The summed E-state index contributed by atoms with van der Waals surface area (Å²) in [5.41, 5.74) is -0.363. The van der Waals surface area contributed by atoms with Gasteiger partial charge in [0.1, 0.15) is 6.54 Å². The van der Waals surface area contributed by atoms with Crippen molar-refractivity contribution in [1.82, 2.24) is 45.4 Å². The number of amides is 2. The molecule has 19 heteroatoms. The molecule has 6 N–H and O–H groups in total. The molecule has 1 fully saturated rings. The zero-order chi connectivity index (χ0) is 34.0. The molecule has 3 aromatic heterocycles. The highest BCUT2D eigenvalue weighted by molar-refractivity contribution is 6.34. The molecule has 2 amide bonds. The number of nitriles is 1. The number of nitrogens with one attached hydrogen (secondary N) is 5. The maximum atomic E-state index is 13.7. The van der Waals surface area contributed by atoms with Gasteiger partial charge in [-0.25, -0.2) is 9.97 Å². The van der Waals surface area contributed by atoms with E-state index in [9.17, 15) is 22.8 Å². The van der Waals surface area contributed by atoms with Crippen LogP contribution in [0.4, 0.5) is 24.7 Å². The summed E-state index contributed by atoms with van der Waals surface area (Å²) in [5, 5.41) is 34.4. The molecule has 1 saturated heterocycles. The summed E-state index contributed by atoms with van der Waals surface area (Å²) in [7, 11) is 0. The van der Waals surface area contributed by atoms with Crippen molar-refractivity contribution in [2.45, 2.75) is 25.2 Å². The van der Waals surface area contributed by atoms with Crippen LogP contribution in [0.5, 0.6) is 0 Å². The second-order valence-electron chi connectivity index (χ2n) is 9.97. The number of nitrogens with zero attached hydrogens (tertiary/aromatic N) is 6. The van der Waals surface area contributed by atoms with Crippen LogP contribution in [0.2, 0.25) is 5.02 Å². The number of anilines is 2.